The van der Waals surface area contributed by atoms with Gasteiger partial charge in [0.2, 0.25) is 15.7 Å². The quantitative estimate of drug-likeness (QED) is 0.329. The summed E-state index contributed by atoms with van der Waals surface area (Å²) in [6, 6.07) is 8.96. The first kappa shape index (κ1) is 27.0. The Labute approximate surface area is 206 Å². The number of hydrogen-bond acceptors (Lipinski definition) is 9. The minimum absolute atomic E-state index is 0.0796. The van der Waals surface area contributed by atoms with Crippen molar-refractivity contribution in [2.75, 3.05) is 27.4 Å². The lowest BCUT2D eigenvalue weighted by molar-refractivity contribution is -0.166. The van der Waals surface area contributed by atoms with Gasteiger partial charge in [-0.2, -0.15) is 0 Å². The number of hydroxylamine groups is 1. The van der Waals surface area contributed by atoms with Gasteiger partial charge >= 0.3 is 0 Å². The molecule has 0 spiro atoms. The highest BCUT2D eigenvalue weighted by Gasteiger charge is 2.24. The van der Waals surface area contributed by atoms with Crippen molar-refractivity contribution >= 4 is 15.7 Å². The van der Waals surface area contributed by atoms with Crippen LogP contribution in [0.1, 0.15) is 37.7 Å². The molecule has 3 rings (SSSR count). The van der Waals surface area contributed by atoms with Crippen molar-refractivity contribution in [2.45, 2.75) is 54.7 Å². The fourth-order valence-electron chi connectivity index (χ4n) is 4.04. The molecular formula is C24H33N3O7S. The predicted molar refractivity (Wildman–Crippen MR) is 126 cm³/mol. The van der Waals surface area contributed by atoms with Crippen LogP contribution in [0.3, 0.4) is 0 Å². The summed E-state index contributed by atoms with van der Waals surface area (Å²) >= 11 is 0. The molecule has 0 bridgehead atoms. The zero-order valence-corrected chi connectivity index (χ0v) is 20.9. The number of pyridine rings is 1. The van der Waals surface area contributed by atoms with Crippen molar-refractivity contribution in [3.05, 3.63) is 48.2 Å². The molecule has 1 fully saturated rings. The van der Waals surface area contributed by atoms with Gasteiger partial charge in [0.25, 0.3) is 0 Å². The monoisotopic (exact) mass is 507 g/mol. The molecule has 1 aromatic carbocycles. The molecule has 0 unspecified atom stereocenters. The van der Waals surface area contributed by atoms with Crippen LogP contribution >= 0.6 is 0 Å². The molecule has 2 aromatic rings. The van der Waals surface area contributed by atoms with E-state index in [4.69, 9.17) is 14.2 Å². The molecule has 0 radical (unpaired) electrons. The Balaban J connectivity index is 1.50. The van der Waals surface area contributed by atoms with Gasteiger partial charge in [-0.15, -0.1) is 0 Å². The summed E-state index contributed by atoms with van der Waals surface area (Å²) in [6.07, 6.45) is 5.42. The van der Waals surface area contributed by atoms with E-state index in [2.05, 4.69) is 10.4 Å². The second-order valence-electron chi connectivity index (χ2n) is 8.48. The second-order valence-corrected chi connectivity index (χ2v) is 10.4. The van der Waals surface area contributed by atoms with E-state index in [9.17, 15) is 18.4 Å². The zero-order chi connectivity index (χ0) is 25.3. The average Bonchev–Trinajstić information content (AvgIpc) is 2.85. The van der Waals surface area contributed by atoms with Crippen LogP contribution in [-0.2, 0) is 30.7 Å². The number of rotatable bonds is 12. The van der Waals surface area contributed by atoms with E-state index in [1.165, 1.54) is 31.5 Å². The molecule has 1 saturated carbocycles. The highest BCUT2D eigenvalue weighted by atomic mass is 32.2. The molecule has 1 heterocycles. The Morgan fingerprint density at radius 3 is 2.49 bits per heavy atom. The number of ether oxygens (including phenoxy) is 3. The summed E-state index contributed by atoms with van der Waals surface area (Å²) in [4.78, 5) is 16.4. The van der Waals surface area contributed by atoms with Crippen LogP contribution in [0.2, 0.25) is 0 Å². The Hall–Kier alpha value is -2.57. The van der Waals surface area contributed by atoms with Crippen LogP contribution in [0.4, 0.5) is 0 Å². The van der Waals surface area contributed by atoms with Crippen molar-refractivity contribution in [3.63, 3.8) is 0 Å². The lowest BCUT2D eigenvalue weighted by atomic mass is 9.85. The molecule has 0 aliphatic heterocycles. The molecule has 1 aliphatic carbocycles. The molecule has 1 aromatic heterocycles. The molecule has 1 amide bonds. The van der Waals surface area contributed by atoms with E-state index in [-0.39, 0.29) is 34.4 Å². The van der Waals surface area contributed by atoms with Gasteiger partial charge in [0, 0.05) is 19.7 Å². The molecule has 35 heavy (non-hydrogen) atoms. The maximum atomic E-state index is 12.9. The number of hydrogen-bond donors (Lipinski definition) is 2. The van der Waals surface area contributed by atoms with Crippen LogP contribution in [0.15, 0.2) is 52.5 Å². The van der Waals surface area contributed by atoms with Crippen LogP contribution in [0, 0.1) is 5.92 Å². The smallest absolute Gasteiger partial charge is 0.236 e. The first-order valence-corrected chi connectivity index (χ1v) is 13.0. The summed E-state index contributed by atoms with van der Waals surface area (Å²) in [5.41, 5.74) is 2.93. The summed E-state index contributed by atoms with van der Waals surface area (Å²) < 4.78 is 41.6. The normalized spacial score (nSPS) is 18.4. The molecule has 192 valence electrons. The van der Waals surface area contributed by atoms with E-state index in [1.807, 2.05) is 0 Å². The Kier molecular flexibility index (Phi) is 9.99. The largest absolute Gasteiger partial charge is 0.497 e. The molecule has 0 saturated heterocycles. The lowest BCUT2D eigenvalue weighted by Crippen LogP contribution is -2.40. The van der Waals surface area contributed by atoms with E-state index in [1.54, 1.807) is 25.3 Å². The SMILES string of the molecule is COCCOC1CCC(CC(=O)NN(O)Cc2ccnc(S(=O)(=O)c3ccc(OC)cc3)c2)CC1. The fourth-order valence-corrected chi connectivity index (χ4v) is 5.28. The van der Waals surface area contributed by atoms with Crippen LogP contribution in [0.5, 0.6) is 5.75 Å². The van der Waals surface area contributed by atoms with Gasteiger partial charge in [-0.05, 0) is 73.6 Å². The van der Waals surface area contributed by atoms with E-state index >= 15 is 0 Å². The highest BCUT2D eigenvalue weighted by Crippen LogP contribution is 2.28. The third-order valence-electron chi connectivity index (χ3n) is 5.94. The lowest BCUT2D eigenvalue weighted by Gasteiger charge is -2.28. The van der Waals surface area contributed by atoms with Gasteiger partial charge in [-0.25, -0.2) is 13.4 Å². The number of carbonyl (C=O) groups is 1. The Bertz CT molecular complexity index is 1060. The van der Waals surface area contributed by atoms with Crippen molar-refractivity contribution in [1.29, 1.82) is 0 Å². The number of nitrogens with one attached hydrogen (secondary N) is 1. The standard InChI is InChI=1S/C24H33N3O7S/c1-32-13-14-34-21-5-3-18(4-6-21)15-23(28)26-27(29)17-19-11-12-25-24(16-19)35(30,31)22-9-7-20(33-2)8-10-22/h7-12,16,18,21,29H,3-6,13-15,17H2,1-2H3,(H,26,28). The topological polar surface area (TPSA) is 127 Å². The van der Waals surface area contributed by atoms with Gasteiger partial charge in [0.15, 0.2) is 5.03 Å². The summed E-state index contributed by atoms with van der Waals surface area (Å²) in [6.45, 7) is 1.05. The van der Waals surface area contributed by atoms with Crippen LogP contribution in [-0.4, -0.2) is 63.2 Å². The zero-order valence-electron chi connectivity index (χ0n) is 20.1. The van der Waals surface area contributed by atoms with Gasteiger partial charge in [0.1, 0.15) is 5.75 Å². The van der Waals surface area contributed by atoms with Crippen molar-refractivity contribution < 1.29 is 32.6 Å². The first-order valence-electron chi connectivity index (χ1n) is 11.5. The predicted octanol–water partition coefficient (Wildman–Crippen LogP) is 2.76. The van der Waals surface area contributed by atoms with Gasteiger partial charge < -0.3 is 14.2 Å². The molecule has 0 atom stereocenters. The van der Waals surface area contributed by atoms with Gasteiger partial charge in [0.05, 0.1) is 37.9 Å². The number of benzene rings is 1. The molecule has 11 heteroatoms. The number of hydrazine groups is 1. The number of sulfone groups is 1. The van der Waals surface area contributed by atoms with Crippen LogP contribution < -0.4 is 10.2 Å². The van der Waals surface area contributed by atoms with Gasteiger partial charge in [-0.3, -0.25) is 15.4 Å². The van der Waals surface area contributed by atoms with Gasteiger partial charge in [-0.1, -0.05) is 5.17 Å². The first-order chi connectivity index (χ1) is 16.8. The summed E-state index contributed by atoms with van der Waals surface area (Å²) in [5, 5.41) is 10.7. The summed E-state index contributed by atoms with van der Waals surface area (Å²) in [5.74, 6) is 0.477. The van der Waals surface area contributed by atoms with E-state index in [0.717, 1.165) is 25.7 Å². The molecule has 1 aliphatic rings. The maximum Gasteiger partial charge on any atom is 0.236 e. The molecule has 2 N–H and O–H groups in total. The summed E-state index contributed by atoms with van der Waals surface area (Å²) in [7, 11) is -0.709. The maximum absolute atomic E-state index is 12.9. The van der Waals surface area contributed by atoms with Crippen molar-refractivity contribution in [3.8, 4) is 5.75 Å². The third kappa shape index (κ3) is 7.97. The Morgan fingerprint density at radius 2 is 1.83 bits per heavy atom. The number of amides is 1. The number of nitrogens with zero attached hydrogens (tertiary/aromatic N) is 2. The van der Waals surface area contributed by atoms with Crippen molar-refractivity contribution in [1.82, 2.24) is 15.6 Å². The fraction of sp³-hybridized carbons (Fsp3) is 0.500. The average molecular weight is 508 g/mol. The highest BCUT2D eigenvalue weighted by molar-refractivity contribution is 7.91. The number of aromatic nitrogens is 1. The van der Waals surface area contributed by atoms with E-state index in [0.29, 0.717) is 36.1 Å². The minimum Gasteiger partial charge on any atom is -0.497 e. The van der Waals surface area contributed by atoms with Crippen LogP contribution in [0.25, 0.3) is 0 Å². The van der Waals surface area contributed by atoms with Crippen molar-refractivity contribution in [2.24, 2.45) is 5.92 Å². The number of methoxy groups -OCH3 is 2. The van der Waals surface area contributed by atoms with E-state index < -0.39 is 9.84 Å². The minimum atomic E-state index is -3.85. The third-order valence-corrected chi connectivity index (χ3v) is 7.61. The molecule has 10 nitrogen and oxygen atoms in total. The number of carbonyl (C=O) groups excluding carboxylic acids is 1. The second kappa shape index (κ2) is 12.9. The molecular weight excluding hydrogens is 474 g/mol. The Morgan fingerprint density at radius 1 is 1.11 bits per heavy atom.